The predicted octanol–water partition coefficient (Wildman–Crippen LogP) is 0.329. The third-order valence-corrected chi connectivity index (χ3v) is 5.06. The Hall–Kier alpha value is -0.170. The lowest BCUT2D eigenvalue weighted by atomic mass is 9.85. The quantitative estimate of drug-likeness (QED) is 0.760. The highest BCUT2D eigenvalue weighted by atomic mass is 32.2. The molecular weight excluding hydrogens is 250 g/mol. The van der Waals surface area contributed by atoms with Gasteiger partial charge in [0.2, 0.25) is 10.0 Å². The molecule has 1 atom stereocenters. The van der Waals surface area contributed by atoms with Crippen molar-refractivity contribution in [2.75, 3.05) is 45.5 Å². The normalized spacial score (nSPS) is 22.9. The topological polar surface area (TPSA) is 66.6 Å². The number of nitrogens with zero attached hydrogens (tertiary/aromatic N) is 2. The van der Waals surface area contributed by atoms with Gasteiger partial charge in [-0.2, -0.15) is 4.31 Å². The average Bonchev–Trinajstić information content (AvgIpc) is 2.29. The van der Waals surface area contributed by atoms with Crippen molar-refractivity contribution in [3.05, 3.63) is 0 Å². The van der Waals surface area contributed by atoms with E-state index in [-0.39, 0.29) is 5.41 Å². The lowest BCUT2D eigenvalue weighted by Gasteiger charge is -2.39. The Morgan fingerprint density at radius 3 is 2.17 bits per heavy atom. The highest BCUT2D eigenvalue weighted by Gasteiger charge is 2.29. The molecule has 0 aliphatic carbocycles. The fourth-order valence-corrected chi connectivity index (χ4v) is 3.43. The maximum absolute atomic E-state index is 11.4. The Balaban J connectivity index is 2.48. The number of nitrogens with two attached hydrogens (primary N) is 1. The molecule has 1 fully saturated rings. The second kappa shape index (κ2) is 6.32. The molecule has 0 spiro atoms. The van der Waals surface area contributed by atoms with Gasteiger partial charge in [-0.15, -0.1) is 0 Å². The van der Waals surface area contributed by atoms with E-state index in [1.165, 1.54) is 6.26 Å². The van der Waals surface area contributed by atoms with Gasteiger partial charge in [0.1, 0.15) is 0 Å². The van der Waals surface area contributed by atoms with E-state index in [0.29, 0.717) is 19.6 Å². The summed E-state index contributed by atoms with van der Waals surface area (Å²) < 4.78 is 24.4. The third-order valence-electron chi connectivity index (χ3n) is 3.75. The summed E-state index contributed by atoms with van der Waals surface area (Å²) in [6.45, 7) is 8.88. The molecule has 0 aromatic heterocycles. The van der Waals surface area contributed by atoms with E-state index in [9.17, 15) is 8.42 Å². The molecule has 18 heavy (non-hydrogen) atoms. The van der Waals surface area contributed by atoms with E-state index in [1.807, 2.05) is 0 Å². The van der Waals surface area contributed by atoms with Crippen LogP contribution in [0.4, 0.5) is 0 Å². The van der Waals surface area contributed by atoms with Crippen molar-refractivity contribution in [2.24, 2.45) is 11.1 Å². The van der Waals surface area contributed by atoms with Crippen molar-refractivity contribution in [2.45, 2.75) is 26.7 Å². The van der Waals surface area contributed by atoms with E-state index >= 15 is 0 Å². The van der Waals surface area contributed by atoms with Crippen LogP contribution in [0.15, 0.2) is 0 Å². The summed E-state index contributed by atoms with van der Waals surface area (Å²) in [5, 5.41) is 0. The maximum Gasteiger partial charge on any atom is 0.211 e. The molecule has 0 radical (unpaired) electrons. The zero-order valence-electron chi connectivity index (χ0n) is 11.9. The summed E-state index contributed by atoms with van der Waals surface area (Å²) in [4.78, 5) is 2.34. The third kappa shape index (κ3) is 4.50. The van der Waals surface area contributed by atoms with Crippen LogP contribution in [0.5, 0.6) is 0 Å². The van der Waals surface area contributed by atoms with E-state index in [4.69, 9.17) is 5.73 Å². The van der Waals surface area contributed by atoms with Crippen LogP contribution in [0.25, 0.3) is 0 Å². The monoisotopic (exact) mass is 277 g/mol. The van der Waals surface area contributed by atoms with Crippen molar-refractivity contribution in [3.8, 4) is 0 Å². The number of sulfonamides is 1. The molecule has 6 heteroatoms. The number of hydrogen-bond acceptors (Lipinski definition) is 4. The van der Waals surface area contributed by atoms with Crippen LogP contribution in [0, 0.1) is 5.41 Å². The summed E-state index contributed by atoms with van der Waals surface area (Å²) in [7, 11) is -3.03. The molecular formula is C12H27N3O2S. The highest BCUT2D eigenvalue weighted by molar-refractivity contribution is 7.88. The van der Waals surface area contributed by atoms with Gasteiger partial charge >= 0.3 is 0 Å². The Labute approximate surface area is 111 Å². The molecule has 0 aromatic carbocycles. The van der Waals surface area contributed by atoms with Crippen LogP contribution in [0.1, 0.15) is 26.7 Å². The van der Waals surface area contributed by atoms with Gasteiger partial charge in [-0.1, -0.05) is 20.3 Å². The summed E-state index contributed by atoms with van der Waals surface area (Å²) in [6.07, 6.45) is 3.54. The Kier molecular flexibility index (Phi) is 5.58. The molecule has 2 N–H and O–H groups in total. The van der Waals surface area contributed by atoms with E-state index < -0.39 is 10.0 Å². The van der Waals surface area contributed by atoms with Crippen LogP contribution < -0.4 is 5.73 Å². The van der Waals surface area contributed by atoms with E-state index in [2.05, 4.69) is 18.7 Å². The first kappa shape index (κ1) is 15.9. The number of hydrogen-bond donors (Lipinski definition) is 1. The van der Waals surface area contributed by atoms with Crippen molar-refractivity contribution >= 4 is 10.0 Å². The van der Waals surface area contributed by atoms with Gasteiger partial charge < -0.3 is 10.6 Å². The first-order valence-corrected chi connectivity index (χ1v) is 8.53. The molecule has 1 aliphatic heterocycles. The van der Waals surface area contributed by atoms with Gasteiger partial charge in [0.05, 0.1) is 6.26 Å². The van der Waals surface area contributed by atoms with Crippen LogP contribution in [0.2, 0.25) is 0 Å². The summed E-state index contributed by atoms with van der Waals surface area (Å²) in [5.74, 6) is 0. The maximum atomic E-state index is 11.4. The predicted molar refractivity (Wildman–Crippen MR) is 74.9 cm³/mol. The average molecular weight is 277 g/mol. The smallest absolute Gasteiger partial charge is 0.211 e. The Morgan fingerprint density at radius 1 is 1.22 bits per heavy atom. The molecule has 0 aromatic rings. The number of piperazine rings is 1. The van der Waals surface area contributed by atoms with Crippen molar-refractivity contribution in [3.63, 3.8) is 0 Å². The fraction of sp³-hybridized carbons (Fsp3) is 1.00. The molecule has 1 rings (SSSR count). The minimum atomic E-state index is -3.03. The summed E-state index contributed by atoms with van der Waals surface area (Å²) in [5.41, 5.74) is 6.03. The second-order valence-corrected chi connectivity index (χ2v) is 7.69. The first-order chi connectivity index (χ1) is 8.30. The zero-order chi connectivity index (χ0) is 13.8. The van der Waals surface area contributed by atoms with E-state index in [1.54, 1.807) is 4.31 Å². The van der Waals surface area contributed by atoms with Crippen molar-refractivity contribution < 1.29 is 8.42 Å². The largest absolute Gasteiger partial charge is 0.330 e. The molecule has 0 amide bonds. The first-order valence-electron chi connectivity index (χ1n) is 6.68. The molecule has 1 unspecified atom stereocenters. The molecule has 1 aliphatic rings. The summed E-state index contributed by atoms with van der Waals surface area (Å²) >= 11 is 0. The van der Waals surface area contributed by atoms with E-state index in [0.717, 1.165) is 32.5 Å². The van der Waals surface area contributed by atoms with Gasteiger partial charge in [0.15, 0.2) is 0 Å². The highest BCUT2D eigenvalue weighted by Crippen LogP contribution is 2.24. The second-order valence-electron chi connectivity index (χ2n) is 5.70. The molecule has 1 heterocycles. The van der Waals surface area contributed by atoms with Crippen molar-refractivity contribution in [1.29, 1.82) is 0 Å². The Morgan fingerprint density at radius 2 is 1.78 bits per heavy atom. The zero-order valence-corrected chi connectivity index (χ0v) is 12.7. The lowest BCUT2D eigenvalue weighted by Crippen LogP contribution is -2.51. The van der Waals surface area contributed by atoms with Gasteiger partial charge in [-0.05, 0) is 18.4 Å². The fourth-order valence-electron chi connectivity index (χ4n) is 2.61. The molecule has 5 nitrogen and oxygen atoms in total. The van der Waals surface area contributed by atoms with Crippen LogP contribution >= 0.6 is 0 Å². The van der Waals surface area contributed by atoms with Crippen LogP contribution in [-0.2, 0) is 10.0 Å². The van der Waals surface area contributed by atoms with Gasteiger partial charge in [0, 0.05) is 32.7 Å². The van der Waals surface area contributed by atoms with Gasteiger partial charge in [-0.3, -0.25) is 0 Å². The molecule has 1 saturated heterocycles. The van der Waals surface area contributed by atoms with Gasteiger partial charge in [-0.25, -0.2) is 8.42 Å². The Bertz CT molecular complexity index is 350. The molecule has 0 saturated carbocycles. The molecule has 108 valence electrons. The van der Waals surface area contributed by atoms with Crippen LogP contribution in [0.3, 0.4) is 0 Å². The number of rotatable bonds is 6. The lowest BCUT2D eigenvalue weighted by molar-refractivity contribution is 0.120. The van der Waals surface area contributed by atoms with Crippen LogP contribution in [-0.4, -0.2) is 63.1 Å². The van der Waals surface area contributed by atoms with Gasteiger partial charge in [0.25, 0.3) is 0 Å². The molecule has 0 bridgehead atoms. The minimum Gasteiger partial charge on any atom is -0.330 e. The SMILES string of the molecule is CCCC(C)(CN)CN1CCN(S(C)(=O)=O)CC1. The minimum absolute atomic E-state index is 0.155. The van der Waals surface area contributed by atoms with Crippen molar-refractivity contribution in [1.82, 2.24) is 9.21 Å². The summed E-state index contributed by atoms with van der Waals surface area (Å²) in [6, 6.07) is 0. The standard InChI is InChI=1S/C12H27N3O2S/c1-4-5-12(2,10-13)11-14-6-8-15(9-7-14)18(3,16)17/h4-11,13H2,1-3H3.